The lowest BCUT2D eigenvalue weighted by atomic mass is 10.4. The third kappa shape index (κ3) is 1.51. The number of nitrogens with one attached hydrogen (secondary N) is 1. The molecule has 3 rings (SSSR count). The van der Waals surface area contributed by atoms with Crippen LogP contribution in [0.2, 0.25) is 0 Å². The quantitative estimate of drug-likeness (QED) is 0.852. The molecule has 2 aromatic heterocycles. The lowest BCUT2D eigenvalue weighted by Gasteiger charge is -2.15. The van der Waals surface area contributed by atoms with Crippen LogP contribution in [0.3, 0.4) is 0 Å². The van der Waals surface area contributed by atoms with Gasteiger partial charge in [-0.1, -0.05) is 11.3 Å². The number of aromatic nitrogens is 1. The van der Waals surface area contributed by atoms with Crippen molar-refractivity contribution >= 4 is 37.2 Å². The molecule has 14 heavy (non-hydrogen) atoms. The van der Waals surface area contributed by atoms with E-state index in [4.69, 9.17) is 0 Å². The molecule has 2 aromatic rings. The first-order valence-electron chi connectivity index (χ1n) is 4.76. The van der Waals surface area contributed by atoms with Gasteiger partial charge in [0, 0.05) is 13.1 Å². The minimum Gasteiger partial charge on any atom is -0.310 e. The normalized spacial score (nSPS) is 18.0. The van der Waals surface area contributed by atoms with Crippen molar-refractivity contribution in [2.45, 2.75) is 12.8 Å². The van der Waals surface area contributed by atoms with Crippen molar-refractivity contribution in [2.75, 3.05) is 18.5 Å². The predicted molar refractivity (Wildman–Crippen MR) is 61.9 cm³/mol. The van der Waals surface area contributed by atoms with Crippen LogP contribution < -0.4 is 5.43 Å². The van der Waals surface area contributed by atoms with E-state index < -0.39 is 0 Å². The van der Waals surface area contributed by atoms with Gasteiger partial charge in [0.05, 0.1) is 10.2 Å². The lowest BCUT2D eigenvalue weighted by Crippen LogP contribution is -2.25. The minimum atomic E-state index is 1.15. The lowest BCUT2D eigenvalue weighted by molar-refractivity contribution is 0.412. The Morgan fingerprint density at radius 2 is 2.21 bits per heavy atom. The van der Waals surface area contributed by atoms with Gasteiger partial charge < -0.3 is 5.43 Å². The molecule has 1 N–H and O–H groups in total. The van der Waals surface area contributed by atoms with Crippen molar-refractivity contribution < 1.29 is 0 Å². The number of thiophene rings is 1. The number of thiazole rings is 1. The molecular weight excluding hydrogens is 214 g/mol. The van der Waals surface area contributed by atoms with Gasteiger partial charge in [-0.2, -0.15) is 0 Å². The molecule has 0 aromatic carbocycles. The molecule has 74 valence electrons. The molecule has 0 saturated carbocycles. The number of hydrogen-bond acceptors (Lipinski definition) is 5. The van der Waals surface area contributed by atoms with Crippen molar-refractivity contribution in [3.8, 4) is 0 Å². The maximum atomic E-state index is 4.29. The summed E-state index contributed by atoms with van der Waals surface area (Å²) in [6, 6.07) is 2.19. The zero-order valence-corrected chi connectivity index (χ0v) is 9.33. The maximum absolute atomic E-state index is 4.29. The Balaban J connectivity index is 1.80. The number of hydrogen-bond donors (Lipinski definition) is 1. The van der Waals surface area contributed by atoms with E-state index in [0.29, 0.717) is 0 Å². The molecule has 0 aliphatic carbocycles. The van der Waals surface area contributed by atoms with Crippen LogP contribution in [0.4, 0.5) is 5.00 Å². The SMILES string of the molecule is c1nc2sc(NN3CCCC3)cc2s1. The van der Waals surface area contributed by atoms with E-state index >= 15 is 0 Å². The summed E-state index contributed by atoms with van der Waals surface area (Å²) in [7, 11) is 0. The smallest absolute Gasteiger partial charge is 0.136 e. The molecule has 1 aliphatic rings. The van der Waals surface area contributed by atoms with Gasteiger partial charge >= 0.3 is 0 Å². The summed E-state index contributed by atoms with van der Waals surface area (Å²) >= 11 is 3.44. The molecule has 1 saturated heterocycles. The van der Waals surface area contributed by atoms with E-state index in [0.717, 1.165) is 4.83 Å². The van der Waals surface area contributed by atoms with Crippen molar-refractivity contribution in [1.82, 2.24) is 9.99 Å². The van der Waals surface area contributed by atoms with Crippen LogP contribution in [-0.2, 0) is 0 Å². The summed E-state index contributed by atoms with van der Waals surface area (Å²) in [5.74, 6) is 0. The first kappa shape index (κ1) is 8.64. The molecule has 3 nitrogen and oxygen atoms in total. The van der Waals surface area contributed by atoms with E-state index in [-0.39, 0.29) is 0 Å². The third-order valence-corrected chi connectivity index (χ3v) is 4.26. The fourth-order valence-electron chi connectivity index (χ4n) is 1.71. The van der Waals surface area contributed by atoms with Gasteiger partial charge in [-0.25, -0.2) is 9.99 Å². The van der Waals surface area contributed by atoms with E-state index in [1.807, 2.05) is 5.51 Å². The van der Waals surface area contributed by atoms with Gasteiger partial charge in [-0.05, 0) is 18.9 Å². The van der Waals surface area contributed by atoms with Crippen molar-refractivity contribution in [3.63, 3.8) is 0 Å². The Kier molecular flexibility index (Phi) is 2.15. The van der Waals surface area contributed by atoms with Gasteiger partial charge in [0.15, 0.2) is 0 Å². The number of nitrogens with zero attached hydrogens (tertiary/aromatic N) is 2. The summed E-state index contributed by atoms with van der Waals surface area (Å²) in [5, 5.41) is 3.51. The summed E-state index contributed by atoms with van der Waals surface area (Å²) < 4.78 is 1.29. The van der Waals surface area contributed by atoms with Gasteiger partial charge in [-0.3, -0.25) is 0 Å². The van der Waals surface area contributed by atoms with Crippen LogP contribution in [0.1, 0.15) is 12.8 Å². The van der Waals surface area contributed by atoms with E-state index in [2.05, 4.69) is 21.5 Å². The Hall–Kier alpha value is -0.650. The Morgan fingerprint density at radius 1 is 1.36 bits per heavy atom. The number of fused-ring (bicyclic) bond motifs is 1. The van der Waals surface area contributed by atoms with Gasteiger partial charge in [-0.15, -0.1) is 11.3 Å². The molecule has 0 atom stereocenters. The summed E-state index contributed by atoms with van der Waals surface area (Å²) in [6.07, 6.45) is 2.62. The highest BCUT2D eigenvalue weighted by Gasteiger charge is 2.12. The predicted octanol–water partition coefficient (Wildman–Crippen LogP) is 2.78. The summed E-state index contributed by atoms with van der Waals surface area (Å²) in [4.78, 5) is 5.44. The van der Waals surface area contributed by atoms with E-state index in [9.17, 15) is 0 Å². The average Bonchev–Trinajstić information content (AvgIpc) is 2.78. The molecule has 0 spiro atoms. The minimum absolute atomic E-state index is 1.15. The molecule has 0 unspecified atom stereocenters. The fourth-order valence-corrected chi connectivity index (χ4v) is 3.56. The second-order valence-electron chi connectivity index (χ2n) is 3.44. The number of hydrazine groups is 1. The average molecular weight is 225 g/mol. The molecule has 0 amide bonds. The first-order valence-corrected chi connectivity index (χ1v) is 6.46. The van der Waals surface area contributed by atoms with Crippen LogP contribution in [0, 0.1) is 0 Å². The fraction of sp³-hybridized carbons (Fsp3) is 0.444. The van der Waals surface area contributed by atoms with Gasteiger partial charge in [0.1, 0.15) is 9.83 Å². The monoisotopic (exact) mass is 225 g/mol. The molecule has 5 heteroatoms. The zero-order chi connectivity index (χ0) is 9.38. The highest BCUT2D eigenvalue weighted by molar-refractivity contribution is 7.28. The molecule has 0 radical (unpaired) electrons. The van der Waals surface area contributed by atoms with Crippen molar-refractivity contribution in [2.24, 2.45) is 0 Å². The topological polar surface area (TPSA) is 28.2 Å². The number of rotatable bonds is 2. The molecule has 0 bridgehead atoms. The van der Waals surface area contributed by atoms with Crippen molar-refractivity contribution in [1.29, 1.82) is 0 Å². The molecule has 3 heterocycles. The zero-order valence-electron chi connectivity index (χ0n) is 7.69. The standard InChI is InChI=1S/C9H11N3S2/c1-2-4-12(3-1)11-8-5-7-9(14-8)10-6-13-7/h5-6,11H,1-4H2. The van der Waals surface area contributed by atoms with Gasteiger partial charge in [0.25, 0.3) is 0 Å². The maximum Gasteiger partial charge on any atom is 0.136 e. The Morgan fingerprint density at radius 3 is 3.00 bits per heavy atom. The van der Waals surface area contributed by atoms with Crippen LogP contribution in [0.15, 0.2) is 11.6 Å². The molecule has 1 aliphatic heterocycles. The third-order valence-electron chi connectivity index (χ3n) is 2.40. The summed E-state index contributed by atoms with van der Waals surface area (Å²) in [5.41, 5.74) is 5.34. The Bertz CT molecular complexity index is 399. The van der Waals surface area contributed by atoms with Crippen LogP contribution in [-0.4, -0.2) is 23.1 Å². The highest BCUT2D eigenvalue weighted by Crippen LogP contribution is 2.31. The molecular formula is C9H11N3S2. The van der Waals surface area contributed by atoms with E-state index in [1.54, 1.807) is 22.7 Å². The second-order valence-corrected chi connectivity index (χ2v) is 5.36. The largest absolute Gasteiger partial charge is 0.310 e. The van der Waals surface area contributed by atoms with E-state index in [1.165, 1.54) is 35.6 Å². The van der Waals surface area contributed by atoms with Gasteiger partial charge in [0.2, 0.25) is 0 Å². The van der Waals surface area contributed by atoms with Crippen LogP contribution in [0.5, 0.6) is 0 Å². The van der Waals surface area contributed by atoms with Crippen molar-refractivity contribution in [3.05, 3.63) is 11.6 Å². The first-order chi connectivity index (χ1) is 6.92. The molecule has 1 fully saturated rings. The van der Waals surface area contributed by atoms with Crippen LogP contribution >= 0.6 is 22.7 Å². The Labute approximate surface area is 90.3 Å². The second kappa shape index (κ2) is 3.49. The highest BCUT2D eigenvalue weighted by atomic mass is 32.1. The number of anilines is 1. The van der Waals surface area contributed by atoms with Crippen LogP contribution in [0.25, 0.3) is 9.53 Å². The summed E-state index contributed by atoms with van der Waals surface area (Å²) in [6.45, 7) is 2.33.